The maximum Gasteiger partial charge on any atom is 0.220 e. The Labute approximate surface area is 148 Å². The van der Waals surface area contributed by atoms with Gasteiger partial charge in [0.2, 0.25) is 5.91 Å². The lowest BCUT2D eigenvalue weighted by atomic mass is 10.1. The maximum absolute atomic E-state index is 12.0. The van der Waals surface area contributed by atoms with Crippen molar-refractivity contribution in [3.63, 3.8) is 0 Å². The molecule has 1 heterocycles. The van der Waals surface area contributed by atoms with Gasteiger partial charge in [0.15, 0.2) is 0 Å². The van der Waals surface area contributed by atoms with Crippen LogP contribution in [0.2, 0.25) is 0 Å². The minimum atomic E-state index is 0.118. The van der Waals surface area contributed by atoms with Gasteiger partial charge in [-0.05, 0) is 44.4 Å². The highest BCUT2D eigenvalue weighted by molar-refractivity contribution is 5.76. The molecule has 0 atom stereocenters. The van der Waals surface area contributed by atoms with Crippen LogP contribution in [0.1, 0.15) is 29.8 Å². The van der Waals surface area contributed by atoms with Gasteiger partial charge in [-0.2, -0.15) is 0 Å². The van der Waals surface area contributed by atoms with E-state index in [1.54, 1.807) is 0 Å². The number of imidazole rings is 1. The second-order valence-corrected chi connectivity index (χ2v) is 6.49. The van der Waals surface area contributed by atoms with E-state index in [1.165, 1.54) is 11.1 Å². The lowest BCUT2D eigenvalue weighted by Gasteiger charge is -2.08. The molecule has 130 valence electrons. The number of aryl methyl sites for hydroxylation is 4. The number of fused-ring (bicyclic) bond motifs is 1. The van der Waals surface area contributed by atoms with Crippen molar-refractivity contribution >= 4 is 16.9 Å². The van der Waals surface area contributed by atoms with E-state index in [4.69, 9.17) is 0 Å². The number of rotatable bonds is 7. The van der Waals surface area contributed by atoms with Crippen LogP contribution in [0.15, 0.2) is 48.5 Å². The highest BCUT2D eigenvalue weighted by Gasteiger charge is 2.06. The fraction of sp³-hybridized carbons (Fsp3) is 0.333. The number of hydrogen-bond donors (Lipinski definition) is 1. The molecule has 0 bridgehead atoms. The zero-order valence-corrected chi connectivity index (χ0v) is 15.0. The normalized spacial score (nSPS) is 11.0. The maximum atomic E-state index is 12.0. The summed E-state index contributed by atoms with van der Waals surface area (Å²) >= 11 is 0. The van der Waals surface area contributed by atoms with E-state index in [2.05, 4.69) is 52.1 Å². The smallest absolute Gasteiger partial charge is 0.220 e. The van der Waals surface area contributed by atoms with Crippen LogP contribution in [-0.4, -0.2) is 22.0 Å². The van der Waals surface area contributed by atoms with Crippen molar-refractivity contribution in [2.45, 2.75) is 39.7 Å². The van der Waals surface area contributed by atoms with Crippen LogP contribution in [0.5, 0.6) is 0 Å². The molecule has 0 aliphatic rings. The molecule has 0 spiro atoms. The van der Waals surface area contributed by atoms with Crippen molar-refractivity contribution in [1.29, 1.82) is 0 Å². The molecule has 25 heavy (non-hydrogen) atoms. The molecule has 0 saturated carbocycles. The molecule has 0 fully saturated rings. The van der Waals surface area contributed by atoms with Crippen LogP contribution in [-0.2, 0) is 17.8 Å². The largest absolute Gasteiger partial charge is 0.356 e. The van der Waals surface area contributed by atoms with Crippen LogP contribution < -0.4 is 5.32 Å². The molecule has 0 radical (unpaired) electrons. The third-order valence-electron chi connectivity index (χ3n) is 4.49. The Morgan fingerprint density at radius 3 is 2.64 bits per heavy atom. The van der Waals surface area contributed by atoms with Gasteiger partial charge in [0.05, 0.1) is 11.0 Å². The molecule has 1 N–H and O–H groups in total. The number of nitrogens with zero attached hydrogens (tertiary/aromatic N) is 2. The van der Waals surface area contributed by atoms with Crippen molar-refractivity contribution in [2.75, 3.05) is 6.54 Å². The zero-order chi connectivity index (χ0) is 17.6. The van der Waals surface area contributed by atoms with Crippen LogP contribution >= 0.6 is 0 Å². The topological polar surface area (TPSA) is 46.9 Å². The summed E-state index contributed by atoms with van der Waals surface area (Å²) in [5.74, 6) is 1.14. The van der Waals surface area contributed by atoms with Gasteiger partial charge in [0.1, 0.15) is 5.82 Å². The number of para-hydroxylation sites is 2. The second-order valence-electron chi connectivity index (χ2n) is 6.49. The van der Waals surface area contributed by atoms with Gasteiger partial charge < -0.3 is 9.88 Å². The van der Waals surface area contributed by atoms with Gasteiger partial charge in [0, 0.05) is 19.5 Å². The molecule has 1 amide bonds. The summed E-state index contributed by atoms with van der Waals surface area (Å²) in [5, 5.41) is 3.02. The standard InChI is InChI=1S/C21H25N3O/c1-16-8-10-18(11-9-16)12-13-21(25)22-14-5-15-24-17(2)23-19-6-3-4-7-20(19)24/h3-4,6-11H,5,12-15H2,1-2H3,(H,22,25). The van der Waals surface area contributed by atoms with Gasteiger partial charge in [-0.1, -0.05) is 42.0 Å². The molecule has 3 aromatic rings. The summed E-state index contributed by atoms with van der Waals surface area (Å²) < 4.78 is 2.22. The van der Waals surface area contributed by atoms with Crippen molar-refractivity contribution < 1.29 is 4.79 Å². The minimum absolute atomic E-state index is 0.118. The number of aromatic nitrogens is 2. The van der Waals surface area contributed by atoms with Gasteiger partial charge in [-0.15, -0.1) is 0 Å². The average Bonchev–Trinajstić information content (AvgIpc) is 2.93. The molecule has 2 aromatic carbocycles. The molecule has 0 unspecified atom stereocenters. The first kappa shape index (κ1) is 17.2. The second kappa shape index (κ2) is 7.97. The molecule has 4 nitrogen and oxygen atoms in total. The predicted molar refractivity (Wildman–Crippen MR) is 102 cm³/mol. The monoisotopic (exact) mass is 335 g/mol. The zero-order valence-electron chi connectivity index (χ0n) is 15.0. The van der Waals surface area contributed by atoms with E-state index < -0.39 is 0 Å². The summed E-state index contributed by atoms with van der Waals surface area (Å²) in [5.41, 5.74) is 4.64. The van der Waals surface area contributed by atoms with Crippen molar-refractivity contribution in [2.24, 2.45) is 0 Å². The summed E-state index contributed by atoms with van der Waals surface area (Å²) in [6.45, 7) is 5.66. The number of benzene rings is 2. The highest BCUT2D eigenvalue weighted by Crippen LogP contribution is 2.15. The Balaban J connectivity index is 1.42. The summed E-state index contributed by atoms with van der Waals surface area (Å²) in [7, 11) is 0. The molecule has 3 rings (SSSR count). The average molecular weight is 335 g/mol. The number of carbonyl (C=O) groups is 1. The number of hydrogen-bond acceptors (Lipinski definition) is 2. The predicted octanol–water partition coefficient (Wildman–Crippen LogP) is 3.79. The van der Waals surface area contributed by atoms with Crippen molar-refractivity contribution in [1.82, 2.24) is 14.9 Å². The number of carbonyl (C=O) groups excluding carboxylic acids is 1. The summed E-state index contributed by atoms with van der Waals surface area (Å²) in [6.07, 6.45) is 2.23. The molecule has 0 aliphatic carbocycles. The van der Waals surface area contributed by atoms with Crippen LogP contribution in [0.4, 0.5) is 0 Å². The Morgan fingerprint density at radius 1 is 1.08 bits per heavy atom. The van der Waals surface area contributed by atoms with E-state index in [-0.39, 0.29) is 5.91 Å². The van der Waals surface area contributed by atoms with Gasteiger partial charge in [-0.3, -0.25) is 4.79 Å². The molecular formula is C21H25N3O. The fourth-order valence-electron chi connectivity index (χ4n) is 3.04. The van der Waals surface area contributed by atoms with Crippen LogP contribution in [0, 0.1) is 13.8 Å². The number of amides is 1. The first-order valence-electron chi connectivity index (χ1n) is 8.87. The van der Waals surface area contributed by atoms with Crippen LogP contribution in [0.25, 0.3) is 11.0 Å². The Kier molecular flexibility index (Phi) is 5.49. The van der Waals surface area contributed by atoms with E-state index in [0.717, 1.165) is 36.2 Å². The van der Waals surface area contributed by atoms with E-state index in [9.17, 15) is 4.79 Å². The quantitative estimate of drug-likeness (QED) is 0.668. The van der Waals surface area contributed by atoms with Crippen molar-refractivity contribution in [3.05, 3.63) is 65.5 Å². The lowest BCUT2D eigenvalue weighted by molar-refractivity contribution is -0.121. The first-order chi connectivity index (χ1) is 12.1. The minimum Gasteiger partial charge on any atom is -0.356 e. The van der Waals surface area contributed by atoms with E-state index in [0.29, 0.717) is 13.0 Å². The molecule has 1 aromatic heterocycles. The van der Waals surface area contributed by atoms with Gasteiger partial charge in [-0.25, -0.2) is 4.98 Å². The summed E-state index contributed by atoms with van der Waals surface area (Å²) in [6, 6.07) is 16.5. The SMILES string of the molecule is Cc1ccc(CCC(=O)NCCCn2c(C)nc3ccccc32)cc1. The van der Waals surface area contributed by atoms with E-state index in [1.807, 2.05) is 25.1 Å². The van der Waals surface area contributed by atoms with Gasteiger partial charge >= 0.3 is 0 Å². The molecular weight excluding hydrogens is 310 g/mol. The Bertz CT molecular complexity index is 849. The highest BCUT2D eigenvalue weighted by atomic mass is 16.1. The Hall–Kier alpha value is -2.62. The van der Waals surface area contributed by atoms with Crippen LogP contribution in [0.3, 0.4) is 0 Å². The third-order valence-corrected chi connectivity index (χ3v) is 4.49. The number of nitrogens with one attached hydrogen (secondary N) is 1. The Morgan fingerprint density at radius 2 is 1.84 bits per heavy atom. The van der Waals surface area contributed by atoms with E-state index >= 15 is 0 Å². The fourth-order valence-corrected chi connectivity index (χ4v) is 3.04. The van der Waals surface area contributed by atoms with Crippen molar-refractivity contribution in [3.8, 4) is 0 Å². The molecule has 0 aliphatic heterocycles. The molecule has 4 heteroatoms. The van der Waals surface area contributed by atoms with Gasteiger partial charge in [0.25, 0.3) is 0 Å². The first-order valence-corrected chi connectivity index (χ1v) is 8.87. The molecule has 0 saturated heterocycles. The third kappa shape index (κ3) is 4.47. The lowest BCUT2D eigenvalue weighted by Crippen LogP contribution is -2.25. The summed E-state index contributed by atoms with van der Waals surface area (Å²) in [4.78, 5) is 16.6.